The molecule has 4 heteroatoms. The molecule has 3 nitrogen and oxygen atoms in total. The maximum Gasteiger partial charge on any atom is 0.213 e. The first-order chi connectivity index (χ1) is 8.27. The Morgan fingerprint density at radius 3 is 2.88 bits per heavy atom. The second kappa shape index (κ2) is 8.31. The first kappa shape index (κ1) is 14.3. The van der Waals surface area contributed by atoms with Gasteiger partial charge in [0.2, 0.25) is 5.88 Å². The molecule has 0 radical (unpaired) electrons. The Morgan fingerprint density at radius 2 is 2.18 bits per heavy atom. The van der Waals surface area contributed by atoms with E-state index in [4.69, 9.17) is 16.3 Å². The van der Waals surface area contributed by atoms with E-state index in [1.165, 1.54) is 19.3 Å². The number of rotatable bonds is 8. The zero-order chi connectivity index (χ0) is 12.5. The Morgan fingerprint density at radius 1 is 1.35 bits per heavy atom. The molecular weight excluding hydrogens is 236 g/mol. The van der Waals surface area contributed by atoms with Crippen LogP contribution in [0.2, 0.25) is 5.02 Å². The molecule has 0 aromatic carbocycles. The number of hydrogen-bond acceptors (Lipinski definition) is 3. The van der Waals surface area contributed by atoms with Crippen LogP contribution < -0.4 is 10.1 Å². The van der Waals surface area contributed by atoms with E-state index in [2.05, 4.69) is 17.2 Å². The Balaban J connectivity index is 2.40. The van der Waals surface area contributed by atoms with Gasteiger partial charge in [-0.2, -0.15) is 0 Å². The molecule has 0 saturated carbocycles. The van der Waals surface area contributed by atoms with E-state index in [9.17, 15) is 0 Å². The number of nitrogens with zero attached hydrogens (tertiary/aromatic N) is 1. The van der Waals surface area contributed by atoms with Crippen LogP contribution in [0, 0.1) is 0 Å². The molecule has 17 heavy (non-hydrogen) atoms. The van der Waals surface area contributed by atoms with Gasteiger partial charge in [0.05, 0.1) is 11.6 Å². The molecule has 0 atom stereocenters. The fraction of sp³-hybridized carbons (Fsp3) is 0.615. The number of aromatic nitrogens is 1. The average molecular weight is 257 g/mol. The van der Waals surface area contributed by atoms with Crippen molar-refractivity contribution in [2.24, 2.45) is 0 Å². The summed E-state index contributed by atoms with van der Waals surface area (Å²) in [6.45, 7) is 3.66. The van der Waals surface area contributed by atoms with E-state index < -0.39 is 0 Å². The van der Waals surface area contributed by atoms with Crippen LogP contribution in [0.4, 0.5) is 0 Å². The molecule has 0 aliphatic heterocycles. The smallest absolute Gasteiger partial charge is 0.213 e. The van der Waals surface area contributed by atoms with Crippen molar-refractivity contribution in [1.29, 1.82) is 0 Å². The van der Waals surface area contributed by atoms with Crippen molar-refractivity contribution in [3.63, 3.8) is 0 Å². The van der Waals surface area contributed by atoms with Gasteiger partial charge in [-0.05, 0) is 19.0 Å². The van der Waals surface area contributed by atoms with Crippen molar-refractivity contribution >= 4 is 11.6 Å². The van der Waals surface area contributed by atoms with E-state index in [-0.39, 0.29) is 0 Å². The lowest BCUT2D eigenvalue weighted by Crippen LogP contribution is -2.07. The minimum Gasteiger partial charge on any atom is -0.478 e. The maximum absolute atomic E-state index is 6.02. The van der Waals surface area contributed by atoms with E-state index in [0.717, 1.165) is 25.1 Å². The normalized spacial score (nSPS) is 10.5. The number of ether oxygens (including phenoxy) is 1. The molecule has 1 aromatic rings. The lowest BCUT2D eigenvalue weighted by atomic mass is 10.2. The highest BCUT2D eigenvalue weighted by molar-refractivity contribution is 6.31. The lowest BCUT2D eigenvalue weighted by Gasteiger charge is -2.08. The van der Waals surface area contributed by atoms with Gasteiger partial charge in [0, 0.05) is 18.8 Å². The first-order valence-corrected chi connectivity index (χ1v) is 6.57. The zero-order valence-electron chi connectivity index (χ0n) is 10.6. The van der Waals surface area contributed by atoms with Crippen LogP contribution in [-0.4, -0.2) is 18.6 Å². The molecule has 1 aromatic heterocycles. The van der Waals surface area contributed by atoms with Crippen molar-refractivity contribution in [3.05, 3.63) is 22.8 Å². The molecule has 0 fully saturated rings. The topological polar surface area (TPSA) is 34.1 Å². The molecule has 0 saturated heterocycles. The summed E-state index contributed by atoms with van der Waals surface area (Å²) in [6.07, 6.45) is 6.45. The highest BCUT2D eigenvalue weighted by atomic mass is 35.5. The van der Waals surface area contributed by atoms with E-state index >= 15 is 0 Å². The molecule has 0 bridgehead atoms. The SMILES string of the molecule is CCCCCCOc1cc(CNC)c(Cl)cn1. The van der Waals surface area contributed by atoms with Gasteiger partial charge in [-0.25, -0.2) is 4.98 Å². The third kappa shape index (κ3) is 5.37. The fourth-order valence-corrected chi connectivity index (χ4v) is 1.74. The van der Waals surface area contributed by atoms with Crippen LogP contribution in [0.25, 0.3) is 0 Å². The van der Waals surface area contributed by atoms with Crippen LogP contribution in [0.3, 0.4) is 0 Å². The monoisotopic (exact) mass is 256 g/mol. The van der Waals surface area contributed by atoms with Crippen molar-refractivity contribution in [1.82, 2.24) is 10.3 Å². The van der Waals surface area contributed by atoms with E-state index in [0.29, 0.717) is 10.9 Å². The highest BCUT2D eigenvalue weighted by Crippen LogP contribution is 2.19. The summed E-state index contributed by atoms with van der Waals surface area (Å²) in [5.41, 5.74) is 1.02. The number of unbranched alkanes of at least 4 members (excludes halogenated alkanes) is 3. The quantitative estimate of drug-likeness (QED) is 0.724. The largest absolute Gasteiger partial charge is 0.478 e. The van der Waals surface area contributed by atoms with Gasteiger partial charge in [-0.1, -0.05) is 37.8 Å². The van der Waals surface area contributed by atoms with Gasteiger partial charge < -0.3 is 10.1 Å². The molecule has 0 aliphatic rings. The average Bonchev–Trinajstić information content (AvgIpc) is 2.33. The van der Waals surface area contributed by atoms with Crippen LogP contribution in [0.1, 0.15) is 38.2 Å². The number of halogens is 1. The first-order valence-electron chi connectivity index (χ1n) is 6.19. The van der Waals surface area contributed by atoms with Gasteiger partial charge >= 0.3 is 0 Å². The molecule has 0 aliphatic carbocycles. The fourth-order valence-electron chi connectivity index (χ4n) is 1.57. The summed E-state index contributed by atoms with van der Waals surface area (Å²) in [4.78, 5) is 4.16. The molecule has 0 amide bonds. The summed E-state index contributed by atoms with van der Waals surface area (Å²) in [7, 11) is 1.89. The number of hydrogen-bond donors (Lipinski definition) is 1. The predicted molar refractivity (Wildman–Crippen MR) is 71.6 cm³/mol. The molecular formula is C13H21ClN2O. The molecule has 1 heterocycles. The number of pyridine rings is 1. The third-order valence-corrected chi connectivity index (χ3v) is 2.86. The van der Waals surface area contributed by atoms with E-state index in [1.54, 1.807) is 6.20 Å². The second-order valence-corrected chi connectivity index (χ2v) is 4.46. The van der Waals surface area contributed by atoms with Gasteiger partial charge in [0.15, 0.2) is 0 Å². The van der Waals surface area contributed by atoms with Crippen molar-refractivity contribution in [2.45, 2.75) is 39.2 Å². The summed E-state index contributed by atoms with van der Waals surface area (Å²) < 4.78 is 5.60. The zero-order valence-corrected chi connectivity index (χ0v) is 11.4. The van der Waals surface area contributed by atoms with Crippen molar-refractivity contribution in [3.8, 4) is 5.88 Å². The molecule has 1 N–H and O–H groups in total. The Labute approximate surface area is 109 Å². The minimum atomic E-state index is 0.663. The third-order valence-electron chi connectivity index (χ3n) is 2.52. The maximum atomic E-state index is 6.02. The summed E-state index contributed by atoms with van der Waals surface area (Å²) in [5, 5.41) is 3.75. The predicted octanol–water partition coefficient (Wildman–Crippen LogP) is 3.41. The second-order valence-electron chi connectivity index (χ2n) is 4.05. The summed E-state index contributed by atoms with van der Waals surface area (Å²) in [6, 6.07) is 1.90. The van der Waals surface area contributed by atoms with Crippen LogP contribution in [0.15, 0.2) is 12.3 Å². The number of nitrogens with one attached hydrogen (secondary N) is 1. The summed E-state index contributed by atoms with van der Waals surface area (Å²) in [5.74, 6) is 0.663. The van der Waals surface area contributed by atoms with Gasteiger partial charge in [-0.3, -0.25) is 0 Å². The van der Waals surface area contributed by atoms with Crippen LogP contribution in [0.5, 0.6) is 5.88 Å². The van der Waals surface area contributed by atoms with Gasteiger partial charge in [-0.15, -0.1) is 0 Å². The Bertz CT molecular complexity index is 331. The van der Waals surface area contributed by atoms with Gasteiger partial charge in [0.25, 0.3) is 0 Å². The molecule has 96 valence electrons. The van der Waals surface area contributed by atoms with Gasteiger partial charge in [0.1, 0.15) is 0 Å². The molecule has 1 rings (SSSR count). The molecule has 0 spiro atoms. The minimum absolute atomic E-state index is 0.663. The van der Waals surface area contributed by atoms with Crippen molar-refractivity contribution < 1.29 is 4.74 Å². The van der Waals surface area contributed by atoms with Crippen LogP contribution in [-0.2, 0) is 6.54 Å². The Hall–Kier alpha value is -0.800. The Kier molecular flexibility index (Phi) is 6.97. The van der Waals surface area contributed by atoms with Crippen molar-refractivity contribution in [2.75, 3.05) is 13.7 Å². The lowest BCUT2D eigenvalue weighted by molar-refractivity contribution is 0.293. The van der Waals surface area contributed by atoms with Crippen LogP contribution >= 0.6 is 11.6 Å². The van der Waals surface area contributed by atoms with E-state index in [1.807, 2.05) is 13.1 Å². The summed E-state index contributed by atoms with van der Waals surface area (Å²) >= 11 is 6.02. The highest BCUT2D eigenvalue weighted by Gasteiger charge is 2.03. The molecule has 0 unspecified atom stereocenters. The standard InChI is InChI=1S/C13H21ClN2O/c1-3-4-5-6-7-17-13-8-11(9-15-2)12(14)10-16-13/h8,10,15H,3-7,9H2,1-2H3.